The van der Waals surface area contributed by atoms with Crippen molar-refractivity contribution in [1.82, 2.24) is 15.2 Å². The molecule has 4 heteroatoms. The van der Waals surface area contributed by atoms with Gasteiger partial charge in [-0.05, 0) is 51.7 Å². The lowest BCUT2D eigenvalue weighted by Gasteiger charge is -2.15. The van der Waals surface area contributed by atoms with Crippen molar-refractivity contribution in [2.45, 2.75) is 40.7 Å². The molecule has 1 saturated heterocycles. The Labute approximate surface area is 116 Å². The van der Waals surface area contributed by atoms with Crippen molar-refractivity contribution >= 4 is 0 Å². The van der Waals surface area contributed by atoms with Crippen molar-refractivity contribution in [2.24, 2.45) is 11.8 Å². The molecule has 1 unspecified atom stereocenters. The molecule has 1 aromatic rings. The molecule has 1 N–H and O–H groups in total. The van der Waals surface area contributed by atoms with Crippen LogP contribution in [0.3, 0.4) is 0 Å². The number of likely N-dealkylation sites (tertiary alicyclic amines) is 1. The second-order valence-electron chi connectivity index (χ2n) is 6.19. The number of nitrogens with one attached hydrogen (secondary N) is 1. The second-order valence-corrected chi connectivity index (χ2v) is 6.19. The molecule has 0 aliphatic carbocycles. The number of nitrogens with zero attached hydrogens (tertiary/aromatic N) is 2. The summed E-state index contributed by atoms with van der Waals surface area (Å²) in [5.74, 6) is 3.32. The normalized spacial score (nSPS) is 20.6. The highest BCUT2D eigenvalue weighted by molar-refractivity contribution is 5.05. The minimum Gasteiger partial charge on any atom is -0.444 e. The van der Waals surface area contributed by atoms with Crippen molar-refractivity contribution < 1.29 is 4.42 Å². The Kier molecular flexibility index (Phi) is 4.99. The molecule has 19 heavy (non-hydrogen) atoms. The van der Waals surface area contributed by atoms with E-state index >= 15 is 0 Å². The number of hydrogen-bond donors (Lipinski definition) is 1. The fraction of sp³-hybridized carbons (Fsp3) is 0.800. The number of oxazole rings is 1. The van der Waals surface area contributed by atoms with E-state index in [0.717, 1.165) is 61.9 Å². The highest BCUT2D eigenvalue weighted by Gasteiger charge is 2.23. The molecule has 1 aromatic heterocycles. The standard InChI is InChI=1S/C15H27N3O/c1-11(2)7-16-8-14-5-6-18(9-14)10-15-17-12(3)13(4)19-15/h11,14,16H,5-10H2,1-4H3. The van der Waals surface area contributed by atoms with Gasteiger partial charge in [0, 0.05) is 6.54 Å². The molecule has 0 amide bonds. The van der Waals surface area contributed by atoms with E-state index in [1.807, 2.05) is 13.8 Å². The van der Waals surface area contributed by atoms with E-state index in [1.54, 1.807) is 0 Å². The van der Waals surface area contributed by atoms with Gasteiger partial charge in [-0.15, -0.1) is 0 Å². The largest absolute Gasteiger partial charge is 0.444 e. The lowest BCUT2D eigenvalue weighted by Crippen LogP contribution is -2.28. The number of hydrogen-bond acceptors (Lipinski definition) is 4. The fourth-order valence-electron chi connectivity index (χ4n) is 2.60. The zero-order valence-electron chi connectivity index (χ0n) is 12.7. The van der Waals surface area contributed by atoms with Crippen molar-refractivity contribution in [3.63, 3.8) is 0 Å². The molecule has 4 nitrogen and oxygen atoms in total. The Hall–Kier alpha value is -0.870. The van der Waals surface area contributed by atoms with Crippen LogP contribution in [0.4, 0.5) is 0 Å². The van der Waals surface area contributed by atoms with Crippen LogP contribution in [0.25, 0.3) is 0 Å². The summed E-state index contributed by atoms with van der Waals surface area (Å²) in [6.45, 7) is 13.9. The Balaban J connectivity index is 1.72. The van der Waals surface area contributed by atoms with E-state index in [4.69, 9.17) is 4.42 Å². The van der Waals surface area contributed by atoms with Crippen LogP contribution in [0, 0.1) is 25.7 Å². The Morgan fingerprint density at radius 2 is 2.21 bits per heavy atom. The molecule has 2 heterocycles. The van der Waals surface area contributed by atoms with Gasteiger partial charge in [0.2, 0.25) is 5.89 Å². The van der Waals surface area contributed by atoms with Gasteiger partial charge in [-0.1, -0.05) is 13.8 Å². The van der Waals surface area contributed by atoms with Crippen LogP contribution in [-0.2, 0) is 6.54 Å². The molecular formula is C15H27N3O. The van der Waals surface area contributed by atoms with E-state index in [0.29, 0.717) is 0 Å². The predicted octanol–water partition coefficient (Wildman–Crippen LogP) is 2.36. The van der Waals surface area contributed by atoms with Crippen LogP contribution in [0.1, 0.15) is 37.6 Å². The highest BCUT2D eigenvalue weighted by atomic mass is 16.4. The summed E-state index contributed by atoms with van der Waals surface area (Å²) in [4.78, 5) is 6.91. The Bertz CT molecular complexity index is 381. The number of rotatable bonds is 6. The van der Waals surface area contributed by atoms with Crippen LogP contribution in [0.5, 0.6) is 0 Å². The third-order valence-electron chi connectivity index (χ3n) is 3.79. The zero-order chi connectivity index (χ0) is 13.8. The van der Waals surface area contributed by atoms with Gasteiger partial charge in [0.25, 0.3) is 0 Å². The smallest absolute Gasteiger partial charge is 0.208 e. The Morgan fingerprint density at radius 3 is 2.84 bits per heavy atom. The first-order valence-corrected chi connectivity index (χ1v) is 7.40. The van der Waals surface area contributed by atoms with Gasteiger partial charge in [-0.25, -0.2) is 4.98 Å². The molecule has 0 aromatic carbocycles. The molecule has 108 valence electrons. The molecule has 0 radical (unpaired) electrons. The van der Waals surface area contributed by atoms with E-state index in [-0.39, 0.29) is 0 Å². The first kappa shape index (κ1) is 14.5. The monoisotopic (exact) mass is 265 g/mol. The number of aromatic nitrogens is 1. The summed E-state index contributed by atoms with van der Waals surface area (Å²) in [5.41, 5.74) is 1.02. The molecule has 0 spiro atoms. The maximum Gasteiger partial charge on any atom is 0.208 e. The topological polar surface area (TPSA) is 41.3 Å². The van der Waals surface area contributed by atoms with Gasteiger partial charge < -0.3 is 9.73 Å². The van der Waals surface area contributed by atoms with Crippen molar-refractivity contribution in [1.29, 1.82) is 0 Å². The maximum atomic E-state index is 5.66. The highest BCUT2D eigenvalue weighted by Crippen LogP contribution is 2.19. The average molecular weight is 265 g/mol. The summed E-state index contributed by atoms with van der Waals surface area (Å²) in [7, 11) is 0. The van der Waals surface area contributed by atoms with Gasteiger partial charge in [0.1, 0.15) is 5.76 Å². The minimum absolute atomic E-state index is 0.732. The summed E-state index contributed by atoms with van der Waals surface area (Å²) in [5, 5.41) is 3.56. The zero-order valence-corrected chi connectivity index (χ0v) is 12.7. The molecular weight excluding hydrogens is 238 g/mol. The Morgan fingerprint density at radius 1 is 1.42 bits per heavy atom. The first-order chi connectivity index (χ1) is 9.04. The molecule has 1 aliphatic heterocycles. The van der Waals surface area contributed by atoms with Crippen LogP contribution in [-0.4, -0.2) is 36.1 Å². The average Bonchev–Trinajstić information content (AvgIpc) is 2.87. The van der Waals surface area contributed by atoms with Crippen molar-refractivity contribution in [2.75, 3.05) is 26.2 Å². The molecule has 2 rings (SSSR count). The van der Waals surface area contributed by atoms with Gasteiger partial charge in [0.15, 0.2) is 0 Å². The molecule has 1 atom stereocenters. The molecule has 0 bridgehead atoms. The van der Waals surface area contributed by atoms with Gasteiger partial charge in [0.05, 0.1) is 12.2 Å². The summed E-state index contributed by atoms with van der Waals surface area (Å²) in [6.07, 6.45) is 1.28. The van der Waals surface area contributed by atoms with E-state index < -0.39 is 0 Å². The fourth-order valence-corrected chi connectivity index (χ4v) is 2.60. The summed E-state index contributed by atoms with van der Waals surface area (Å²) >= 11 is 0. The van der Waals surface area contributed by atoms with Crippen molar-refractivity contribution in [3.8, 4) is 0 Å². The maximum absolute atomic E-state index is 5.66. The lowest BCUT2D eigenvalue weighted by atomic mass is 10.1. The SMILES string of the molecule is Cc1nc(CN2CCC(CNCC(C)C)C2)oc1C. The minimum atomic E-state index is 0.732. The summed E-state index contributed by atoms with van der Waals surface area (Å²) < 4.78 is 5.66. The third-order valence-corrected chi connectivity index (χ3v) is 3.79. The van der Waals surface area contributed by atoms with Crippen LogP contribution in [0.2, 0.25) is 0 Å². The molecule has 1 aliphatic rings. The third kappa shape index (κ3) is 4.32. The van der Waals surface area contributed by atoms with E-state index in [2.05, 4.69) is 29.0 Å². The van der Waals surface area contributed by atoms with Crippen LogP contribution in [0.15, 0.2) is 4.42 Å². The van der Waals surface area contributed by atoms with Gasteiger partial charge >= 0.3 is 0 Å². The van der Waals surface area contributed by atoms with Crippen LogP contribution >= 0.6 is 0 Å². The quantitative estimate of drug-likeness (QED) is 0.857. The second kappa shape index (κ2) is 6.53. The van der Waals surface area contributed by atoms with Gasteiger partial charge in [-0.3, -0.25) is 4.90 Å². The van der Waals surface area contributed by atoms with Gasteiger partial charge in [-0.2, -0.15) is 0 Å². The molecule has 0 saturated carbocycles. The molecule has 1 fully saturated rings. The lowest BCUT2D eigenvalue weighted by molar-refractivity contribution is 0.276. The summed E-state index contributed by atoms with van der Waals surface area (Å²) in [6, 6.07) is 0. The first-order valence-electron chi connectivity index (χ1n) is 7.40. The van der Waals surface area contributed by atoms with E-state index in [9.17, 15) is 0 Å². The van der Waals surface area contributed by atoms with Crippen molar-refractivity contribution in [3.05, 3.63) is 17.3 Å². The van der Waals surface area contributed by atoms with Crippen LogP contribution < -0.4 is 5.32 Å². The van der Waals surface area contributed by atoms with E-state index in [1.165, 1.54) is 6.42 Å². The number of aryl methyl sites for hydroxylation is 2. The predicted molar refractivity (Wildman–Crippen MR) is 77.1 cm³/mol.